The van der Waals surface area contributed by atoms with Gasteiger partial charge in [-0.15, -0.1) is 0 Å². The number of benzene rings is 1. The smallest absolute Gasteiger partial charge is 0.243 e. The van der Waals surface area contributed by atoms with Crippen molar-refractivity contribution in [2.75, 3.05) is 13.1 Å². The molecule has 0 unspecified atom stereocenters. The summed E-state index contributed by atoms with van der Waals surface area (Å²) in [6, 6.07) is 7.18. The first-order valence-corrected chi connectivity index (χ1v) is 8.78. The molecule has 0 aliphatic heterocycles. The largest absolute Gasteiger partial charge is 0.329 e. The van der Waals surface area contributed by atoms with Crippen LogP contribution >= 0.6 is 0 Å². The lowest BCUT2D eigenvalue weighted by molar-refractivity contribution is 0.257. The van der Waals surface area contributed by atoms with E-state index in [-0.39, 0.29) is 6.04 Å². The molecule has 0 spiro atoms. The first kappa shape index (κ1) is 15.5. The van der Waals surface area contributed by atoms with Crippen LogP contribution in [0.4, 0.5) is 0 Å². The summed E-state index contributed by atoms with van der Waals surface area (Å²) in [6.07, 6.45) is 5.32. The SMILES string of the molecule is Cc1ccc(S(=O)(=O)N(CCN)C2CCCCC2)cc1. The van der Waals surface area contributed by atoms with Crippen molar-refractivity contribution >= 4 is 10.0 Å². The maximum absolute atomic E-state index is 12.8. The monoisotopic (exact) mass is 296 g/mol. The van der Waals surface area contributed by atoms with Crippen LogP contribution in [0.15, 0.2) is 29.2 Å². The van der Waals surface area contributed by atoms with E-state index in [4.69, 9.17) is 5.73 Å². The highest BCUT2D eigenvalue weighted by Crippen LogP contribution is 2.27. The number of hydrogen-bond acceptors (Lipinski definition) is 3. The van der Waals surface area contributed by atoms with Crippen molar-refractivity contribution in [1.82, 2.24) is 4.31 Å². The maximum Gasteiger partial charge on any atom is 0.243 e. The molecule has 112 valence electrons. The minimum atomic E-state index is -3.43. The average molecular weight is 296 g/mol. The van der Waals surface area contributed by atoms with E-state index in [1.54, 1.807) is 16.4 Å². The minimum Gasteiger partial charge on any atom is -0.329 e. The second kappa shape index (κ2) is 6.70. The third kappa shape index (κ3) is 3.40. The van der Waals surface area contributed by atoms with Gasteiger partial charge in [0, 0.05) is 19.1 Å². The Morgan fingerprint density at radius 1 is 1.15 bits per heavy atom. The zero-order valence-electron chi connectivity index (χ0n) is 12.1. The van der Waals surface area contributed by atoms with Crippen LogP contribution in [0.3, 0.4) is 0 Å². The maximum atomic E-state index is 12.8. The van der Waals surface area contributed by atoms with Crippen LogP contribution < -0.4 is 5.73 Å². The Hall–Kier alpha value is -0.910. The zero-order chi connectivity index (χ0) is 14.6. The molecule has 1 aromatic carbocycles. The van der Waals surface area contributed by atoms with Gasteiger partial charge in [0.25, 0.3) is 0 Å². The van der Waals surface area contributed by atoms with E-state index < -0.39 is 10.0 Å². The third-order valence-electron chi connectivity index (χ3n) is 3.96. The fraction of sp³-hybridized carbons (Fsp3) is 0.600. The molecule has 5 heteroatoms. The normalized spacial score (nSPS) is 17.6. The van der Waals surface area contributed by atoms with Gasteiger partial charge in [-0.25, -0.2) is 8.42 Å². The topological polar surface area (TPSA) is 63.4 Å². The Bertz CT molecular complexity index is 519. The van der Waals surface area contributed by atoms with E-state index in [1.165, 1.54) is 6.42 Å². The number of nitrogens with two attached hydrogens (primary N) is 1. The Kier molecular flexibility index (Phi) is 5.18. The molecule has 0 atom stereocenters. The van der Waals surface area contributed by atoms with Crippen LogP contribution in [0.1, 0.15) is 37.7 Å². The van der Waals surface area contributed by atoms with E-state index in [9.17, 15) is 8.42 Å². The van der Waals surface area contributed by atoms with Gasteiger partial charge in [0.2, 0.25) is 10.0 Å². The highest BCUT2D eigenvalue weighted by Gasteiger charge is 2.31. The van der Waals surface area contributed by atoms with Crippen LogP contribution in [0.5, 0.6) is 0 Å². The predicted molar refractivity (Wildman–Crippen MR) is 81.0 cm³/mol. The molecule has 20 heavy (non-hydrogen) atoms. The van der Waals surface area contributed by atoms with Gasteiger partial charge in [0.05, 0.1) is 4.90 Å². The molecule has 0 heterocycles. The van der Waals surface area contributed by atoms with Crippen molar-refractivity contribution in [1.29, 1.82) is 0 Å². The average Bonchev–Trinajstić information content (AvgIpc) is 2.46. The standard InChI is InChI=1S/C15H24N2O2S/c1-13-7-9-15(10-8-13)20(18,19)17(12-11-16)14-5-3-2-4-6-14/h7-10,14H,2-6,11-12,16H2,1H3. The predicted octanol–water partition coefficient (Wildman–Crippen LogP) is 2.28. The molecule has 1 aliphatic rings. The summed E-state index contributed by atoms with van der Waals surface area (Å²) >= 11 is 0. The quantitative estimate of drug-likeness (QED) is 0.906. The molecular formula is C15H24N2O2S. The molecule has 0 aromatic heterocycles. The Morgan fingerprint density at radius 3 is 2.30 bits per heavy atom. The zero-order valence-corrected chi connectivity index (χ0v) is 12.9. The third-order valence-corrected chi connectivity index (χ3v) is 5.93. The van der Waals surface area contributed by atoms with Gasteiger partial charge in [-0.05, 0) is 31.9 Å². The summed E-state index contributed by atoms with van der Waals surface area (Å²) < 4.78 is 27.2. The van der Waals surface area contributed by atoms with Crippen LogP contribution in [-0.4, -0.2) is 31.9 Å². The highest BCUT2D eigenvalue weighted by atomic mass is 32.2. The van der Waals surface area contributed by atoms with Crippen LogP contribution in [0.25, 0.3) is 0 Å². The van der Waals surface area contributed by atoms with Gasteiger partial charge in [-0.1, -0.05) is 37.0 Å². The van der Waals surface area contributed by atoms with Gasteiger partial charge in [0.15, 0.2) is 0 Å². The van der Waals surface area contributed by atoms with E-state index in [0.29, 0.717) is 18.0 Å². The number of sulfonamides is 1. The van der Waals surface area contributed by atoms with Gasteiger partial charge in [0.1, 0.15) is 0 Å². The van der Waals surface area contributed by atoms with Gasteiger partial charge in [-0.2, -0.15) is 4.31 Å². The summed E-state index contributed by atoms with van der Waals surface area (Å²) in [5.74, 6) is 0. The lowest BCUT2D eigenvalue weighted by atomic mass is 9.95. The fourth-order valence-electron chi connectivity index (χ4n) is 2.84. The van der Waals surface area contributed by atoms with Crippen molar-refractivity contribution in [3.05, 3.63) is 29.8 Å². The minimum absolute atomic E-state index is 0.110. The summed E-state index contributed by atoms with van der Waals surface area (Å²) in [6.45, 7) is 2.72. The van der Waals surface area contributed by atoms with Crippen molar-refractivity contribution < 1.29 is 8.42 Å². The van der Waals surface area contributed by atoms with Gasteiger partial charge in [-0.3, -0.25) is 0 Å². The van der Waals surface area contributed by atoms with Crippen molar-refractivity contribution in [2.45, 2.75) is 50.0 Å². The summed E-state index contributed by atoms with van der Waals surface area (Å²) in [4.78, 5) is 0.377. The number of rotatable bonds is 5. The van der Waals surface area contributed by atoms with Crippen LogP contribution in [0, 0.1) is 6.92 Å². The van der Waals surface area contributed by atoms with Gasteiger partial charge >= 0.3 is 0 Å². The first-order chi connectivity index (χ1) is 9.55. The second-order valence-corrected chi connectivity index (χ2v) is 7.40. The first-order valence-electron chi connectivity index (χ1n) is 7.34. The molecule has 1 fully saturated rings. The number of aryl methyl sites for hydroxylation is 1. The second-order valence-electron chi connectivity index (χ2n) is 5.51. The molecule has 2 N–H and O–H groups in total. The van der Waals surface area contributed by atoms with E-state index in [2.05, 4.69) is 0 Å². The van der Waals surface area contributed by atoms with Crippen molar-refractivity contribution in [3.8, 4) is 0 Å². The lowest BCUT2D eigenvalue weighted by Crippen LogP contribution is -2.44. The van der Waals surface area contributed by atoms with Crippen LogP contribution in [-0.2, 0) is 10.0 Å². The molecular weight excluding hydrogens is 272 g/mol. The van der Waals surface area contributed by atoms with E-state index >= 15 is 0 Å². The fourth-order valence-corrected chi connectivity index (χ4v) is 4.54. The molecule has 1 saturated carbocycles. The van der Waals surface area contributed by atoms with E-state index in [1.807, 2.05) is 19.1 Å². The highest BCUT2D eigenvalue weighted by molar-refractivity contribution is 7.89. The number of nitrogens with zero attached hydrogens (tertiary/aromatic N) is 1. The number of hydrogen-bond donors (Lipinski definition) is 1. The molecule has 0 radical (unpaired) electrons. The molecule has 1 aromatic rings. The Balaban J connectivity index is 2.28. The molecule has 0 saturated heterocycles. The Morgan fingerprint density at radius 2 is 1.75 bits per heavy atom. The summed E-state index contributed by atoms with van der Waals surface area (Å²) in [5.41, 5.74) is 6.69. The molecule has 1 aliphatic carbocycles. The summed E-state index contributed by atoms with van der Waals surface area (Å²) in [5, 5.41) is 0. The Labute approximate surface area is 122 Å². The van der Waals surface area contributed by atoms with Crippen molar-refractivity contribution in [2.24, 2.45) is 5.73 Å². The molecule has 4 nitrogen and oxygen atoms in total. The molecule has 0 bridgehead atoms. The van der Waals surface area contributed by atoms with E-state index in [0.717, 1.165) is 31.2 Å². The van der Waals surface area contributed by atoms with Gasteiger partial charge < -0.3 is 5.73 Å². The molecule has 2 rings (SSSR count). The van der Waals surface area contributed by atoms with Crippen molar-refractivity contribution in [3.63, 3.8) is 0 Å². The summed E-state index contributed by atoms with van der Waals surface area (Å²) in [7, 11) is -3.43. The van der Waals surface area contributed by atoms with Crippen LogP contribution in [0.2, 0.25) is 0 Å². The lowest BCUT2D eigenvalue weighted by Gasteiger charge is -2.33. The molecule has 0 amide bonds.